The van der Waals surface area contributed by atoms with Crippen LogP contribution in [-0.4, -0.2) is 0 Å². The molecule has 47 heavy (non-hydrogen) atoms. The fourth-order valence-corrected chi connectivity index (χ4v) is 7.11. The van der Waals surface area contributed by atoms with E-state index in [1.807, 2.05) is 91.0 Å². The van der Waals surface area contributed by atoms with Gasteiger partial charge in [-0.25, -0.2) is 0 Å². The highest BCUT2D eigenvalue weighted by Crippen LogP contribution is 2.45. The number of hydrogen-bond donors (Lipinski definition) is 0. The summed E-state index contributed by atoms with van der Waals surface area (Å²) in [5.41, 5.74) is 4.83. The molecule has 10 aromatic rings. The average molecular weight is 605 g/mol. The molecule has 1 nitrogen and oxygen atoms in total. The van der Waals surface area contributed by atoms with Crippen LogP contribution >= 0.6 is 0 Å². The van der Waals surface area contributed by atoms with Gasteiger partial charge in [-0.2, -0.15) is 0 Å². The maximum atomic E-state index is 9.32. The Hall–Kier alpha value is -6.18. The molecule has 0 fully saturated rings. The van der Waals surface area contributed by atoms with Crippen molar-refractivity contribution in [1.82, 2.24) is 0 Å². The summed E-state index contributed by atoms with van der Waals surface area (Å²) in [5, 5.41) is 6.71. The molecule has 10 rings (SSSR count). The number of rotatable bonds is 3. The van der Waals surface area contributed by atoms with Crippen LogP contribution in [0.1, 0.15) is 11.0 Å². The van der Waals surface area contributed by atoms with Gasteiger partial charge in [0.25, 0.3) is 0 Å². The Balaban J connectivity index is 1.31. The van der Waals surface area contributed by atoms with Gasteiger partial charge in [-0.15, -0.1) is 0 Å². The molecular formula is C46H28O. The van der Waals surface area contributed by atoms with Gasteiger partial charge >= 0.3 is 0 Å². The summed E-state index contributed by atoms with van der Waals surface area (Å²) in [5.74, 6) is 0. The highest BCUT2D eigenvalue weighted by Gasteiger charge is 2.18. The molecule has 1 heterocycles. The van der Waals surface area contributed by atoms with Gasteiger partial charge in [-0.3, -0.25) is 0 Å². The normalized spacial score (nSPS) is 14.2. The maximum absolute atomic E-state index is 9.32. The smallest absolute Gasteiger partial charge is 0.136 e. The summed E-state index contributed by atoms with van der Waals surface area (Å²) >= 11 is 0. The van der Waals surface area contributed by atoms with Crippen LogP contribution in [0.5, 0.6) is 0 Å². The minimum Gasteiger partial charge on any atom is -0.456 e. The number of hydrogen-bond acceptors (Lipinski definition) is 1. The third-order valence-electron chi connectivity index (χ3n) is 9.28. The third kappa shape index (κ3) is 4.03. The van der Waals surface area contributed by atoms with E-state index in [1.54, 1.807) is 6.07 Å². The Bertz CT molecular complexity index is 3210. The monoisotopic (exact) mass is 604 g/mol. The zero-order valence-corrected chi connectivity index (χ0v) is 25.0. The Morgan fingerprint density at radius 3 is 1.60 bits per heavy atom. The van der Waals surface area contributed by atoms with Gasteiger partial charge in [0.1, 0.15) is 11.2 Å². The molecule has 1 aromatic heterocycles. The first-order valence-corrected chi connectivity index (χ1v) is 15.5. The van der Waals surface area contributed by atoms with Crippen molar-refractivity contribution in [3.8, 4) is 33.4 Å². The lowest BCUT2D eigenvalue weighted by atomic mass is 9.85. The summed E-state index contributed by atoms with van der Waals surface area (Å²) < 4.78 is 78.8. The molecule has 0 amide bonds. The van der Waals surface area contributed by atoms with Crippen LogP contribution < -0.4 is 0 Å². The van der Waals surface area contributed by atoms with Crippen molar-refractivity contribution in [3.05, 3.63) is 170 Å². The summed E-state index contributed by atoms with van der Waals surface area (Å²) in [6, 6.07) is 36.5. The van der Waals surface area contributed by atoms with Crippen LogP contribution in [0.3, 0.4) is 0 Å². The Kier molecular flexibility index (Phi) is 4.19. The van der Waals surface area contributed by atoms with Gasteiger partial charge in [0, 0.05) is 10.8 Å². The molecule has 0 atom stereocenters. The van der Waals surface area contributed by atoms with Crippen molar-refractivity contribution in [2.75, 3.05) is 0 Å². The van der Waals surface area contributed by atoms with E-state index in [1.165, 1.54) is 0 Å². The predicted octanol–water partition coefficient (Wildman–Crippen LogP) is 13.2. The number of benzene rings is 9. The van der Waals surface area contributed by atoms with Crippen LogP contribution in [0, 0.1) is 0 Å². The van der Waals surface area contributed by atoms with Gasteiger partial charge in [-0.1, -0.05) is 145 Å². The lowest BCUT2D eigenvalue weighted by Gasteiger charge is -2.18. The molecule has 0 aliphatic carbocycles. The third-order valence-corrected chi connectivity index (χ3v) is 9.28. The fourth-order valence-electron chi connectivity index (χ4n) is 7.11. The van der Waals surface area contributed by atoms with E-state index in [2.05, 4.69) is 24.3 Å². The standard InChI is InChI=1S/C46H28O/c1-2-12-33-27-44-42(26-32(33)11-1)37-25-24-34(28-43(37)47-44)46-40-17-7-5-15-38(40)45(39-16-6-8-18-41(39)46)31-22-20-30(21-23-31)36-19-9-13-29-10-3-4-14-35(29)36/h1-28H/i5D,6D,7D,8D,15D,16D,17D,18D. The molecule has 0 saturated carbocycles. The van der Waals surface area contributed by atoms with Crippen molar-refractivity contribution in [2.45, 2.75) is 0 Å². The summed E-state index contributed by atoms with van der Waals surface area (Å²) in [4.78, 5) is 0. The molecule has 0 radical (unpaired) electrons. The van der Waals surface area contributed by atoms with Crippen LogP contribution in [0.25, 0.3) is 98.4 Å². The molecular weight excluding hydrogens is 569 g/mol. The molecule has 0 aliphatic heterocycles. The summed E-state index contributed by atoms with van der Waals surface area (Å²) in [6.45, 7) is 0. The minimum absolute atomic E-state index is 0.165. The molecule has 0 saturated heterocycles. The SMILES string of the molecule is [2H]c1c([2H])c([2H])c2c(-c3ccc4c(c3)oc3cc5ccccc5cc34)c3c([2H])c([2H])c([2H])c([2H])c3c(-c3ccc(-c4cccc5ccccc45)cc3)c2c1[2H]. The van der Waals surface area contributed by atoms with E-state index in [0.717, 1.165) is 43.4 Å². The topological polar surface area (TPSA) is 13.1 Å². The molecule has 0 spiro atoms. The van der Waals surface area contributed by atoms with Gasteiger partial charge < -0.3 is 4.42 Å². The van der Waals surface area contributed by atoms with E-state index >= 15 is 0 Å². The molecule has 0 bridgehead atoms. The molecule has 1 heteroatoms. The van der Waals surface area contributed by atoms with E-state index in [0.29, 0.717) is 27.9 Å². The lowest BCUT2D eigenvalue weighted by Crippen LogP contribution is -1.91. The van der Waals surface area contributed by atoms with Crippen LogP contribution in [0.4, 0.5) is 0 Å². The Labute approximate surface area is 283 Å². The second kappa shape index (κ2) is 10.2. The zero-order chi connectivity index (χ0) is 37.9. The van der Waals surface area contributed by atoms with E-state index in [9.17, 15) is 5.48 Å². The maximum Gasteiger partial charge on any atom is 0.136 e. The first-order valence-electron chi connectivity index (χ1n) is 19.5. The zero-order valence-electron chi connectivity index (χ0n) is 33.0. The average Bonchev–Trinajstić information content (AvgIpc) is 3.57. The predicted molar refractivity (Wildman–Crippen MR) is 200 cm³/mol. The van der Waals surface area contributed by atoms with Crippen molar-refractivity contribution < 1.29 is 15.4 Å². The van der Waals surface area contributed by atoms with Crippen LogP contribution in [-0.2, 0) is 0 Å². The highest BCUT2D eigenvalue weighted by molar-refractivity contribution is 6.22. The van der Waals surface area contributed by atoms with E-state index in [4.69, 9.17) is 9.90 Å². The first-order chi connectivity index (χ1) is 26.6. The largest absolute Gasteiger partial charge is 0.456 e. The molecule has 0 N–H and O–H groups in total. The lowest BCUT2D eigenvalue weighted by molar-refractivity contribution is 0.669. The molecule has 0 aliphatic rings. The van der Waals surface area contributed by atoms with Gasteiger partial charge in [0.15, 0.2) is 0 Å². The number of fused-ring (bicyclic) bond motifs is 7. The first kappa shape index (κ1) is 19.4. The van der Waals surface area contributed by atoms with Crippen LogP contribution in [0.15, 0.2) is 174 Å². The Morgan fingerprint density at radius 2 is 0.894 bits per heavy atom. The minimum atomic E-state index is -0.437. The van der Waals surface area contributed by atoms with E-state index in [-0.39, 0.29) is 51.3 Å². The van der Waals surface area contributed by atoms with Gasteiger partial charge in [0.2, 0.25) is 0 Å². The number of furan rings is 1. The second-order valence-electron chi connectivity index (χ2n) is 11.9. The van der Waals surface area contributed by atoms with Crippen molar-refractivity contribution in [2.24, 2.45) is 0 Å². The molecule has 218 valence electrons. The van der Waals surface area contributed by atoms with Crippen molar-refractivity contribution in [3.63, 3.8) is 0 Å². The molecule has 0 unspecified atom stereocenters. The Morgan fingerprint density at radius 1 is 0.362 bits per heavy atom. The highest BCUT2D eigenvalue weighted by atomic mass is 16.3. The quantitative estimate of drug-likeness (QED) is 0.183. The van der Waals surface area contributed by atoms with Gasteiger partial charge in [0.05, 0.1) is 11.0 Å². The van der Waals surface area contributed by atoms with Crippen molar-refractivity contribution in [1.29, 1.82) is 0 Å². The van der Waals surface area contributed by atoms with Crippen LogP contribution in [0.2, 0.25) is 0 Å². The summed E-state index contributed by atoms with van der Waals surface area (Å²) in [6.07, 6.45) is 0. The van der Waals surface area contributed by atoms with Crippen molar-refractivity contribution >= 4 is 65.0 Å². The fraction of sp³-hybridized carbons (Fsp3) is 0. The van der Waals surface area contributed by atoms with E-state index < -0.39 is 24.2 Å². The molecule has 9 aromatic carbocycles. The van der Waals surface area contributed by atoms with Gasteiger partial charge in [-0.05, 0) is 101 Å². The second-order valence-corrected chi connectivity index (χ2v) is 11.9. The summed E-state index contributed by atoms with van der Waals surface area (Å²) in [7, 11) is 0.